The normalized spacial score (nSPS) is 13.4. The minimum atomic E-state index is -0.0389. The number of ether oxygens (including phenoxy) is 1. The molecule has 1 fully saturated rings. The molecular weight excluding hydrogens is 602 g/mol. The van der Waals surface area contributed by atoms with Gasteiger partial charge >= 0.3 is 0 Å². The zero-order chi connectivity index (χ0) is 29.8. The number of thioether (sulfide) groups is 1. The van der Waals surface area contributed by atoms with Crippen LogP contribution in [-0.2, 0) is 5.75 Å². The number of nitrogens with zero attached hydrogens (tertiary/aromatic N) is 7. The predicted octanol–water partition coefficient (Wildman–Crippen LogP) is 6.40. The lowest BCUT2D eigenvalue weighted by Crippen LogP contribution is -2.49. The molecule has 220 valence electrons. The number of hydrogen-bond acceptors (Lipinski definition) is 9. The monoisotopic (exact) mass is 631 g/mol. The first-order chi connectivity index (χ1) is 21.0. The van der Waals surface area contributed by atoms with Crippen LogP contribution in [0.3, 0.4) is 0 Å². The maximum atomic E-state index is 13.3. The standard InChI is InChI=1S/C31H30ClN7O2S2/c1-3-41-27-7-5-4-6-25(27)37-14-16-38(17-15-37)30(40)24-19-42-28(34-24)20-43-31-36-35-29(22-10-12-33-13-11-22)39(31)26-18-23(32)9-8-21(26)2/h4-13,18-19H,3,14-17,20H2,1-2H3. The number of pyridine rings is 1. The molecule has 0 unspecified atom stereocenters. The minimum Gasteiger partial charge on any atom is -0.492 e. The highest BCUT2D eigenvalue weighted by molar-refractivity contribution is 7.98. The molecule has 1 aliphatic heterocycles. The Kier molecular flexibility index (Phi) is 8.92. The molecule has 0 N–H and O–H groups in total. The van der Waals surface area contributed by atoms with Crippen LogP contribution in [0.2, 0.25) is 5.02 Å². The molecule has 1 amide bonds. The third kappa shape index (κ3) is 6.39. The van der Waals surface area contributed by atoms with E-state index >= 15 is 0 Å². The van der Waals surface area contributed by atoms with Crippen molar-refractivity contribution in [2.24, 2.45) is 0 Å². The van der Waals surface area contributed by atoms with Crippen LogP contribution in [-0.4, -0.2) is 68.3 Å². The molecule has 1 saturated heterocycles. The minimum absolute atomic E-state index is 0.0389. The summed E-state index contributed by atoms with van der Waals surface area (Å²) in [6, 6.07) is 17.7. The highest BCUT2D eigenvalue weighted by Gasteiger charge is 2.26. The quantitative estimate of drug-likeness (QED) is 0.173. The van der Waals surface area contributed by atoms with Gasteiger partial charge in [0.15, 0.2) is 11.0 Å². The molecule has 0 atom stereocenters. The summed E-state index contributed by atoms with van der Waals surface area (Å²) in [5.74, 6) is 2.09. The zero-order valence-electron chi connectivity index (χ0n) is 23.8. The molecule has 2 aromatic carbocycles. The summed E-state index contributed by atoms with van der Waals surface area (Å²) in [6.45, 7) is 7.36. The van der Waals surface area contributed by atoms with Crippen molar-refractivity contribution in [3.05, 3.63) is 93.7 Å². The first kappa shape index (κ1) is 29.2. The first-order valence-corrected chi connectivity index (χ1v) is 16.2. The van der Waals surface area contributed by atoms with Crippen molar-refractivity contribution in [1.82, 2.24) is 29.6 Å². The highest BCUT2D eigenvalue weighted by atomic mass is 35.5. The fourth-order valence-electron chi connectivity index (χ4n) is 5.00. The predicted molar refractivity (Wildman–Crippen MR) is 172 cm³/mol. The van der Waals surface area contributed by atoms with Crippen molar-refractivity contribution in [3.8, 4) is 22.8 Å². The number of amides is 1. The van der Waals surface area contributed by atoms with E-state index in [1.807, 2.05) is 77.2 Å². The lowest BCUT2D eigenvalue weighted by Gasteiger charge is -2.36. The number of carbonyl (C=O) groups is 1. The Morgan fingerprint density at radius 1 is 1.02 bits per heavy atom. The van der Waals surface area contributed by atoms with Gasteiger partial charge in [-0.25, -0.2) is 4.98 Å². The number of para-hydroxylation sites is 2. The van der Waals surface area contributed by atoms with Crippen LogP contribution in [0.1, 0.15) is 28.0 Å². The van der Waals surface area contributed by atoms with Gasteiger partial charge in [-0.1, -0.05) is 41.6 Å². The lowest BCUT2D eigenvalue weighted by molar-refractivity contribution is 0.0741. The fourth-order valence-corrected chi connectivity index (χ4v) is 6.90. The summed E-state index contributed by atoms with van der Waals surface area (Å²) in [4.78, 5) is 26.3. The van der Waals surface area contributed by atoms with Crippen LogP contribution in [0.5, 0.6) is 5.75 Å². The summed E-state index contributed by atoms with van der Waals surface area (Å²) in [5, 5.41) is 13.1. The van der Waals surface area contributed by atoms with Gasteiger partial charge in [0.2, 0.25) is 0 Å². The van der Waals surface area contributed by atoms with Crippen LogP contribution in [0, 0.1) is 6.92 Å². The SMILES string of the molecule is CCOc1ccccc1N1CCN(C(=O)c2csc(CSc3nnc(-c4ccncc4)n3-c3cc(Cl)ccc3C)n2)CC1. The Hall–Kier alpha value is -3.93. The Balaban J connectivity index is 1.15. The molecule has 43 heavy (non-hydrogen) atoms. The summed E-state index contributed by atoms with van der Waals surface area (Å²) >= 11 is 9.40. The first-order valence-electron chi connectivity index (χ1n) is 14.0. The second-order valence-corrected chi connectivity index (χ2v) is 12.2. The molecule has 1 aliphatic rings. The van der Waals surface area contributed by atoms with E-state index in [0.717, 1.165) is 46.3 Å². The van der Waals surface area contributed by atoms with E-state index in [1.165, 1.54) is 23.1 Å². The number of aryl methyl sites for hydroxylation is 1. The van der Waals surface area contributed by atoms with E-state index in [0.29, 0.717) is 47.1 Å². The van der Waals surface area contributed by atoms with Gasteiger partial charge in [0.25, 0.3) is 5.91 Å². The summed E-state index contributed by atoms with van der Waals surface area (Å²) in [6.07, 6.45) is 3.47. The Labute approximate surface area is 263 Å². The largest absolute Gasteiger partial charge is 0.492 e. The maximum Gasteiger partial charge on any atom is 0.273 e. The van der Waals surface area contributed by atoms with Crippen molar-refractivity contribution in [1.29, 1.82) is 0 Å². The van der Waals surface area contributed by atoms with Gasteiger partial charge in [-0.3, -0.25) is 14.3 Å². The van der Waals surface area contributed by atoms with Crippen molar-refractivity contribution in [2.45, 2.75) is 24.8 Å². The molecule has 4 heterocycles. The zero-order valence-corrected chi connectivity index (χ0v) is 26.2. The number of carbonyl (C=O) groups excluding carboxylic acids is 1. The molecule has 0 radical (unpaired) electrons. The Morgan fingerprint density at radius 2 is 1.81 bits per heavy atom. The van der Waals surface area contributed by atoms with Crippen LogP contribution in [0.25, 0.3) is 17.1 Å². The summed E-state index contributed by atoms with van der Waals surface area (Å²) in [5.41, 5.74) is 4.40. The number of benzene rings is 2. The molecule has 3 aromatic heterocycles. The van der Waals surface area contributed by atoms with Gasteiger partial charge in [-0.05, 0) is 55.8 Å². The molecule has 6 rings (SSSR count). The number of thiazole rings is 1. The molecule has 0 bridgehead atoms. The van der Waals surface area contributed by atoms with Crippen molar-refractivity contribution in [3.63, 3.8) is 0 Å². The lowest BCUT2D eigenvalue weighted by atomic mass is 10.2. The van der Waals surface area contributed by atoms with Crippen LogP contribution < -0.4 is 9.64 Å². The molecule has 0 spiro atoms. The van der Waals surface area contributed by atoms with E-state index in [9.17, 15) is 4.79 Å². The van der Waals surface area contributed by atoms with E-state index in [-0.39, 0.29) is 5.91 Å². The third-order valence-electron chi connectivity index (χ3n) is 7.15. The van der Waals surface area contributed by atoms with Crippen LogP contribution >= 0.6 is 34.7 Å². The molecule has 0 saturated carbocycles. The van der Waals surface area contributed by atoms with E-state index < -0.39 is 0 Å². The van der Waals surface area contributed by atoms with Crippen molar-refractivity contribution in [2.75, 3.05) is 37.7 Å². The molecule has 5 aromatic rings. The average Bonchev–Trinajstić information content (AvgIpc) is 3.69. The second-order valence-electron chi connectivity index (χ2n) is 9.90. The van der Waals surface area contributed by atoms with E-state index in [1.54, 1.807) is 12.4 Å². The fraction of sp³-hybridized carbons (Fsp3) is 0.258. The number of rotatable bonds is 9. The topological polar surface area (TPSA) is 89.3 Å². The van der Waals surface area contributed by atoms with E-state index in [2.05, 4.69) is 26.1 Å². The molecule has 0 aliphatic carbocycles. The van der Waals surface area contributed by atoms with Crippen molar-refractivity contribution < 1.29 is 9.53 Å². The highest BCUT2D eigenvalue weighted by Crippen LogP contribution is 2.33. The van der Waals surface area contributed by atoms with Crippen LogP contribution in [0.4, 0.5) is 5.69 Å². The number of halogens is 1. The third-order valence-corrected chi connectivity index (χ3v) is 9.36. The van der Waals surface area contributed by atoms with Gasteiger partial charge in [0.05, 0.1) is 23.7 Å². The molecular formula is C31H30ClN7O2S2. The smallest absolute Gasteiger partial charge is 0.273 e. The van der Waals surface area contributed by atoms with Gasteiger partial charge in [-0.2, -0.15) is 0 Å². The number of piperazine rings is 1. The number of anilines is 1. The van der Waals surface area contributed by atoms with Gasteiger partial charge < -0.3 is 14.5 Å². The van der Waals surface area contributed by atoms with Gasteiger partial charge in [0.1, 0.15) is 16.5 Å². The van der Waals surface area contributed by atoms with Gasteiger partial charge in [-0.15, -0.1) is 21.5 Å². The maximum absolute atomic E-state index is 13.3. The molecule has 12 heteroatoms. The summed E-state index contributed by atoms with van der Waals surface area (Å²) < 4.78 is 7.83. The van der Waals surface area contributed by atoms with Crippen molar-refractivity contribution >= 4 is 46.3 Å². The Morgan fingerprint density at radius 3 is 2.60 bits per heavy atom. The Bertz CT molecular complexity index is 1720. The average molecular weight is 632 g/mol. The second kappa shape index (κ2) is 13.2. The van der Waals surface area contributed by atoms with Crippen LogP contribution in [0.15, 0.2) is 77.5 Å². The number of aromatic nitrogens is 5. The summed E-state index contributed by atoms with van der Waals surface area (Å²) in [7, 11) is 0. The number of hydrogen-bond donors (Lipinski definition) is 0. The van der Waals surface area contributed by atoms with Gasteiger partial charge in [0, 0.05) is 54.5 Å². The van der Waals surface area contributed by atoms with E-state index in [4.69, 9.17) is 21.3 Å². The molecule has 9 nitrogen and oxygen atoms in total.